The molecule has 0 fully saturated rings. The van der Waals surface area contributed by atoms with Crippen molar-refractivity contribution in [2.75, 3.05) is 11.1 Å². The molecular formula is C19H20N4O2S3. The predicted octanol–water partition coefficient (Wildman–Crippen LogP) is 3.95. The lowest BCUT2D eigenvalue weighted by Crippen LogP contribution is -2.25. The molecule has 1 aliphatic heterocycles. The second kappa shape index (κ2) is 7.88. The van der Waals surface area contributed by atoms with Crippen molar-refractivity contribution in [2.24, 2.45) is 0 Å². The highest BCUT2D eigenvalue weighted by Gasteiger charge is 2.26. The van der Waals surface area contributed by atoms with Crippen molar-refractivity contribution in [3.63, 3.8) is 0 Å². The first-order chi connectivity index (χ1) is 13.4. The van der Waals surface area contributed by atoms with Crippen LogP contribution in [0, 0.1) is 6.92 Å². The first-order valence-corrected chi connectivity index (χ1v) is 11.7. The Morgan fingerprint density at radius 1 is 1.39 bits per heavy atom. The van der Waals surface area contributed by atoms with E-state index in [-0.39, 0.29) is 17.2 Å². The Hall–Kier alpha value is -1.84. The van der Waals surface area contributed by atoms with Crippen LogP contribution < -0.4 is 10.9 Å². The lowest BCUT2D eigenvalue weighted by atomic mass is 10.2. The molecule has 1 N–H and O–H groups in total. The molecule has 4 rings (SSSR count). The van der Waals surface area contributed by atoms with Crippen LogP contribution >= 0.6 is 34.9 Å². The zero-order valence-corrected chi connectivity index (χ0v) is 18.3. The van der Waals surface area contributed by atoms with E-state index >= 15 is 0 Å². The smallest absolute Gasteiger partial charge is 0.268 e. The minimum absolute atomic E-state index is 0.00583. The fourth-order valence-electron chi connectivity index (χ4n) is 3.09. The van der Waals surface area contributed by atoms with Crippen molar-refractivity contribution >= 4 is 56.1 Å². The van der Waals surface area contributed by atoms with Gasteiger partial charge in [-0.25, -0.2) is 9.97 Å². The van der Waals surface area contributed by atoms with E-state index in [0.29, 0.717) is 22.1 Å². The molecule has 6 nitrogen and oxygen atoms in total. The molecule has 1 amide bonds. The molecule has 0 radical (unpaired) electrons. The molecule has 0 saturated carbocycles. The number of nitrogens with one attached hydrogen (secondary N) is 1. The molecule has 0 aliphatic carbocycles. The third kappa shape index (κ3) is 3.83. The average Bonchev–Trinajstić information content (AvgIpc) is 3.21. The van der Waals surface area contributed by atoms with E-state index in [1.807, 2.05) is 26.0 Å². The number of rotatable bonds is 5. The summed E-state index contributed by atoms with van der Waals surface area (Å²) in [5.41, 5.74) is 2.91. The molecule has 28 heavy (non-hydrogen) atoms. The van der Waals surface area contributed by atoms with Gasteiger partial charge in [0.05, 0.1) is 26.6 Å². The van der Waals surface area contributed by atoms with Gasteiger partial charge in [-0.3, -0.25) is 14.2 Å². The molecule has 3 heterocycles. The summed E-state index contributed by atoms with van der Waals surface area (Å²) in [5, 5.41) is 4.42. The summed E-state index contributed by atoms with van der Waals surface area (Å²) in [7, 11) is 0. The molecule has 1 aliphatic rings. The maximum Gasteiger partial charge on any atom is 0.268 e. The first kappa shape index (κ1) is 19.5. The Labute approximate surface area is 175 Å². The van der Waals surface area contributed by atoms with Crippen LogP contribution in [0.5, 0.6) is 0 Å². The Bertz CT molecular complexity index is 1120. The summed E-state index contributed by atoms with van der Waals surface area (Å²) < 4.78 is 2.71. The van der Waals surface area contributed by atoms with E-state index in [2.05, 4.69) is 28.3 Å². The number of thioether (sulfide) groups is 2. The SMILES string of the molecule is CCn1c(SCC(=O)Nc2nc3ccc(C)cc3s2)nc2c(c1=O)S[C@@H](C)C2. The quantitative estimate of drug-likeness (QED) is 0.486. The maximum atomic E-state index is 12.7. The van der Waals surface area contributed by atoms with E-state index in [4.69, 9.17) is 0 Å². The van der Waals surface area contributed by atoms with E-state index in [1.165, 1.54) is 23.1 Å². The average molecular weight is 433 g/mol. The number of amides is 1. The molecule has 2 aromatic heterocycles. The molecule has 9 heteroatoms. The van der Waals surface area contributed by atoms with E-state index in [0.717, 1.165) is 32.8 Å². The van der Waals surface area contributed by atoms with Gasteiger partial charge in [0.1, 0.15) is 0 Å². The molecule has 1 aromatic carbocycles. The minimum atomic E-state index is -0.152. The zero-order valence-electron chi connectivity index (χ0n) is 15.8. The number of fused-ring (bicyclic) bond motifs is 2. The fourth-order valence-corrected chi connectivity index (χ4v) is 6.07. The summed E-state index contributed by atoms with van der Waals surface area (Å²) in [4.78, 5) is 35.0. The van der Waals surface area contributed by atoms with Gasteiger partial charge < -0.3 is 5.32 Å². The zero-order chi connectivity index (χ0) is 19.8. The fraction of sp³-hybridized carbons (Fsp3) is 0.368. The molecule has 0 bridgehead atoms. The molecule has 0 saturated heterocycles. The lowest BCUT2D eigenvalue weighted by molar-refractivity contribution is -0.113. The Morgan fingerprint density at radius 3 is 3.00 bits per heavy atom. The van der Waals surface area contributed by atoms with Gasteiger partial charge in [0.25, 0.3) is 5.56 Å². The van der Waals surface area contributed by atoms with Crippen molar-refractivity contribution < 1.29 is 4.79 Å². The number of aryl methyl sites for hydroxylation is 1. The van der Waals surface area contributed by atoms with Crippen LogP contribution in [0.4, 0.5) is 5.13 Å². The van der Waals surface area contributed by atoms with Gasteiger partial charge in [0.15, 0.2) is 10.3 Å². The predicted molar refractivity (Wildman–Crippen MR) is 117 cm³/mol. The van der Waals surface area contributed by atoms with E-state index < -0.39 is 0 Å². The Kier molecular flexibility index (Phi) is 5.48. The number of hydrogen-bond donors (Lipinski definition) is 1. The molecule has 146 valence electrons. The van der Waals surface area contributed by atoms with Gasteiger partial charge in [-0.2, -0.15) is 0 Å². The lowest BCUT2D eigenvalue weighted by Gasteiger charge is -2.11. The first-order valence-electron chi connectivity index (χ1n) is 9.04. The van der Waals surface area contributed by atoms with Crippen molar-refractivity contribution in [1.29, 1.82) is 0 Å². The van der Waals surface area contributed by atoms with Gasteiger partial charge >= 0.3 is 0 Å². The van der Waals surface area contributed by atoms with Gasteiger partial charge in [-0.15, -0.1) is 11.8 Å². The topological polar surface area (TPSA) is 76.9 Å². The summed E-state index contributed by atoms with van der Waals surface area (Å²) >= 11 is 4.35. The van der Waals surface area contributed by atoms with Gasteiger partial charge in [-0.05, 0) is 31.5 Å². The van der Waals surface area contributed by atoms with Crippen LogP contribution in [0.1, 0.15) is 25.1 Å². The van der Waals surface area contributed by atoms with Crippen LogP contribution in [0.3, 0.4) is 0 Å². The standard InChI is InChI=1S/C19H20N4O2S3/c1-4-23-17(25)16-13(8-11(3)27-16)21-19(23)26-9-15(24)22-18-20-12-6-5-10(2)7-14(12)28-18/h5-7,11H,4,8-9H2,1-3H3,(H,20,22,24)/t11-/m0/s1. The molecule has 0 unspecified atom stereocenters. The van der Waals surface area contributed by atoms with Crippen LogP contribution in [-0.4, -0.2) is 31.4 Å². The molecular weight excluding hydrogens is 412 g/mol. The van der Waals surface area contributed by atoms with Gasteiger partial charge in [0.2, 0.25) is 5.91 Å². The summed E-state index contributed by atoms with van der Waals surface area (Å²) in [6.07, 6.45) is 0.796. The maximum absolute atomic E-state index is 12.7. The summed E-state index contributed by atoms with van der Waals surface area (Å²) in [6.45, 7) is 6.59. The number of aromatic nitrogens is 3. The monoisotopic (exact) mass is 432 g/mol. The number of carbonyl (C=O) groups is 1. The number of thiazole rings is 1. The molecule has 3 aromatic rings. The van der Waals surface area contributed by atoms with E-state index in [1.54, 1.807) is 16.3 Å². The van der Waals surface area contributed by atoms with Crippen LogP contribution in [0.25, 0.3) is 10.2 Å². The molecule has 0 spiro atoms. The summed E-state index contributed by atoms with van der Waals surface area (Å²) in [5.74, 6) is 0.0315. The Morgan fingerprint density at radius 2 is 2.21 bits per heavy atom. The van der Waals surface area contributed by atoms with Crippen molar-refractivity contribution in [3.8, 4) is 0 Å². The largest absolute Gasteiger partial charge is 0.301 e. The minimum Gasteiger partial charge on any atom is -0.301 e. The normalized spacial score (nSPS) is 15.8. The van der Waals surface area contributed by atoms with Crippen molar-refractivity contribution in [2.45, 2.75) is 49.0 Å². The highest BCUT2D eigenvalue weighted by molar-refractivity contribution is 8.00. The van der Waals surface area contributed by atoms with Crippen molar-refractivity contribution in [1.82, 2.24) is 14.5 Å². The third-order valence-corrected chi connectivity index (χ3v) is 7.53. The number of benzene rings is 1. The van der Waals surface area contributed by atoms with Crippen LogP contribution in [-0.2, 0) is 17.8 Å². The van der Waals surface area contributed by atoms with Gasteiger partial charge in [0, 0.05) is 18.2 Å². The highest BCUT2D eigenvalue weighted by atomic mass is 32.2. The number of hydrogen-bond acceptors (Lipinski definition) is 7. The van der Waals surface area contributed by atoms with Gasteiger partial charge in [-0.1, -0.05) is 36.1 Å². The number of carbonyl (C=O) groups excluding carboxylic acids is 1. The highest BCUT2D eigenvalue weighted by Crippen LogP contribution is 2.34. The second-order valence-electron chi connectivity index (χ2n) is 6.68. The van der Waals surface area contributed by atoms with E-state index in [9.17, 15) is 9.59 Å². The van der Waals surface area contributed by atoms with Crippen molar-refractivity contribution in [3.05, 3.63) is 39.8 Å². The molecule has 1 atom stereocenters. The van der Waals surface area contributed by atoms with Crippen LogP contribution in [0.15, 0.2) is 33.0 Å². The summed E-state index contributed by atoms with van der Waals surface area (Å²) in [6, 6.07) is 6.02. The number of nitrogens with zero attached hydrogens (tertiary/aromatic N) is 3. The van der Waals surface area contributed by atoms with Crippen LogP contribution in [0.2, 0.25) is 0 Å². The Balaban J connectivity index is 1.48. The third-order valence-electron chi connectivity index (χ3n) is 4.40. The number of anilines is 1. The second-order valence-corrected chi connectivity index (χ2v) is 10.1.